The average molecular weight is 289 g/mol. The highest BCUT2D eigenvalue weighted by Crippen LogP contribution is 2.18. The molecule has 0 aliphatic rings. The second-order valence-corrected chi connectivity index (χ2v) is 3.36. The number of halogens is 1. The van der Waals surface area contributed by atoms with E-state index in [1.54, 1.807) is 0 Å². The van der Waals surface area contributed by atoms with Crippen molar-refractivity contribution in [1.29, 1.82) is 0 Å². The van der Waals surface area contributed by atoms with Crippen molar-refractivity contribution in [2.75, 3.05) is 4.43 Å². The van der Waals surface area contributed by atoms with Gasteiger partial charge >= 0.3 is 0 Å². The third-order valence-electron chi connectivity index (χ3n) is 1.54. The normalized spacial score (nSPS) is 11.8. The number of benzene rings is 1. The van der Waals surface area contributed by atoms with Crippen LogP contribution in [0.3, 0.4) is 0 Å². The van der Waals surface area contributed by atoms with Gasteiger partial charge in [-0.2, -0.15) is 0 Å². The van der Waals surface area contributed by atoms with Gasteiger partial charge in [0.2, 0.25) is 0 Å². The van der Waals surface area contributed by atoms with Gasteiger partial charge < -0.3 is 0 Å². The Hall–Kier alpha value is -0.250. The molecule has 1 atom stereocenters. The van der Waals surface area contributed by atoms with Crippen LogP contribution in [0.15, 0.2) is 35.3 Å². The predicted octanol–water partition coefficient (Wildman–Crippen LogP) is 3.27. The Morgan fingerprint density at radius 1 is 1.42 bits per heavy atom. The molecule has 1 unspecified atom stereocenters. The fourth-order valence-electron chi connectivity index (χ4n) is 0.937. The maximum absolute atomic E-state index is 4.57. The maximum atomic E-state index is 4.57. The number of rotatable bonds is 3. The van der Waals surface area contributed by atoms with E-state index >= 15 is 0 Å². The molecule has 0 aliphatic carbocycles. The summed E-state index contributed by atoms with van der Waals surface area (Å²) in [4.78, 5) is 4.07. The zero-order valence-electron chi connectivity index (χ0n) is 6.40. The molecule has 1 nitrogen and oxygen atoms in total. The van der Waals surface area contributed by atoms with E-state index in [0.717, 1.165) is 4.43 Å². The summed E-state index contributed by atoms with van der Waals surface area (Å²) in [7, 11) is 0. The van der Waals surface area contributed by atoms with E-state index in [1.165, 1.54) is 5.56 Å². The Morgan fingerprint density at radius 3 is 2.58 bits per heavy atom. The fraction of sp³-hybridized carbons (Fsp3) is 0.222. The number of alkyl halides is 1. The Balaban J connectivity index is 2.87. The number of hydrogen-bond acceptors (Lipinski definition) is 2. The topological polar surface area (TPSA) is 12.4 Å². The molecule has 1 aromatic rings. The van der Waals surface area contributed by atoms with Crippen LogP contribution in [0.5, 0.6) is 0 Å². The monoisotopic (exact) mass is 289 g/mol. The highest BCUT2D eigenvalue weighted by Gasteiger charge is 2.05. The number of aliphatic imine (C=N–C) groups is 1. The lowest BCUT2D eigenvalue weighted by Gasteiger charge is -2.05. The smallest absolute Gasteiger partial charge is 0.0941 e. The lowest BCUT2D eigenvalue weighted by molar-refractivity contribution is 0.855. The Labute approximate surface area is 91.0 Å². The molecule has 0 aromatic heterocycles. The van der Waals surface area contributed by atoms with E-state index < -0.39 is 0 Å². The van der Waals surface area contributed by atoms with Gasteiger partial charge in [-0.25, -0.2) is 4.99 Å². The largest absolute Gasteiger partial charge is 0.223 e. The van der Waals surface area contributed by atoms with Crippen molar-refractivity contribution in [1.82, 2.24) is 0 Å². The molecule has 0 heterocycles. The van der Waals surface area contributed by atoms with Crippen LogP contribution in [-0.4, -0.2) is 9.59 Å². The first-order valence-electron chi connectivity index (χ1n) is 3.56. The third-order valence-corrected chi connectivity index (χ3v) is 2.48. The van der Waals surface area contributed by atoms with Crippen molar-refractivity contribution in [3.8, 4) is 0 Å². The molecule has 0 aliphatic heterocycles. The molecule has 12 heavy (non-hydrogen) atoms. The molecule has 0 spiro atoms. The third kappa shape index (κ3) is 2.66. The van der Waals surface area contributed by atoms with Crippen LogP contribution in [0, 0.1) is 0 Å². The first-order chi connectivity index (χ1) is 5.88. The molecule has 0 bridgehead atoms. The minimum absolute atomic E-state index is 0.171. The minimum Gasteiger partial charge on any atom is -0.223 e. The summed E-state index contributed by atoms with van der Waals surface area (Å²) < 4.78 is 0.936. The van der Waals surface area contributed by atoms with E-state index in [9.17, 15) is 0 Å². The number of hydrogen-bond donors (Lipinski definition) is 0. The van der Waals surface area contributed by atoms with Gasteiger partial charge in [-0.15, -0.1) is 0 Å². The molecule has 3 heteroatoms. The molecular weight excluding hydrogens is 281 g/mol. The van der Waals surface area contributed by atoms with Gasteiger partial charge in [0.15, 0.2) is 0 Å². The van der Waals surface area contributed by atoms with E-state index in [1.807, 2.05) is 18.2 Å². The van der Waals surface area contributed by atoms with Crippen LogP contribution in [0.1, 0.15) is 11.6 Å². The number of thiocarbonyl (C=S) groups is 1. The molecule has 0 radical (unpaired) electrons. The van der Waals surface area contributed by atoms with Gasteiger partial charge in [-0.3, -0.25) is 0 Å². The SMILES string of the molecule is S=C=NC(CI)c1ccccc1. The average Bonchev–Trinajstić information content (AvgIpc) is 2.15. The summed E-state index contributed by atoms with van der Waals surface area (Å²) in [6.45, 7) is 0. The summed E-state index contributed by atoms with van der Waals surface area (Å²) in [6, 6.07) is 10.3. The zero-order chi connectivity index (χ0) is 8.81. The Bertz CT molecular complexity index is 280. The number of isothiocyanates is 1. The van der Waals surface area contributed by atoms with Gasteiger partial charge in [-0.05, 0) is 17.8 Å². The van der Waals surface area contributed by atoms with Crippen LogP contribution in [0.25, 0.3) is 0 Å². The quantitative estimate of drug-likeness (QED) is 0.360. The van der Waals surface area contributed by atoms with Gasteiger partial charge in [0.25, 0.3) is 0 Å². The van der Waals surface area contributed by atoms with Crippen molar-refractivity contribution >= 4 is 40.0 Å². The fourth-order valence-corrected chi connectivity index (χ4v) is 1.77. The molecule has 62 valence electrons. The molecule has 1 aromatic carbocycles. The van der Waals surface area contributed by atoms with Crippen molar-refractivity contribution in [3.63, 3.8) is 0 Å². The molecule has 0 fully saturated rings. The van der Waals surface area contributed by atoms with E-state index in [-0.39, 0.29) is 6.04 Å². The zero-order valence-corrected chi connectivity index (χ0v) is 9.38. The minimum atomic E-state index is 0.171. The van der Waals surface area contributed by atoms with E-state index in [2.05, 4.69) is 57.1 Å². The molecule has 0 N–H and O–H groups in total. The standard InChI is InChI=1S/C9H8INS/c10-6-9(11-7-12)8-4-2-1-3-5-8/h1-5,9H,6H2. The van der Waals surface area contributed by atoms with Crippen LogP contribution < -0.4 is 0 Å². The van der Waals surface area contributed by atoms with Crippen molar-refractivity contribution < 1.29 is 0 Å². The first kappa shape index (κ1) is 9.84. The summed E-state index contributed by atoms with van der Waals surface area (Å²) in [5, 5.41) is 2.42. The lowest BCUT2D eigenvalue weighted by Crippen LogP contribution is -1.94. The van der Waals surface area contributed by atoms with Crippen molar-refractivity contribution in [2.24, 2.45) is 4.99 Å². The molecule has 0 saturated carbocycles. The maximum Gasteiger partial charge on any atom is 0.0941 e. The summed E-state index contributed by atoms with van der Waals surface area (Å²) in [6.07, 6.45) is 0. The second kappa shape index (κ2) is 5.41. The van der Waals surface area contributed by atoms with Crippen LogP contribution in [-0.2, 0) is 0 Å². The highest BCUT2D eigenvalue weighted by atomic mass is 127. The van der Waals surface area contributed by atoms with Gasteiger partial charge in [0.1, 0.15) is 0 Å². The van der Waals surface area contributed by atoms with Crippen molar-refractivity contribution in [3.05, 3.63) is 35.9 Å². The van der Waals surface area contributed by atoms with Gasteiger partial charge in [-0.1, -0.05) is 52.9 Å². The summed E-state index contributed by atoms with van der Waals surface area (Å²) in [5.74, 6) is 0. The summed E-state index contributed by atoms with van der Waals surface area (Å²) in [5.41, 5.74) is 1.20. The van der Waals surface area contributed by atoms with Crippen LogP contribution in [0.2, 0.25) is 0 Å². The highest BCUT2D eigenvalue weighted by molar-refractivity contribution is 14.1. The van der Waals surface area contributed by atoms with E-state index in [4.69, 9.17) is 0 Å². The molecular formula is C9H8INS. The van der Waals surface area contributed by atoms with E-state index in [0.29, 0.717) is 0 Å². The Morgan fingerprint density at radius 2 is 2.08 bits per heavy atom. The molecule has 0 amide bonds. The number of nitrogens with zero attached hydrogens (tertiary/aromatic N) is 1. The van der Waals surface area contributed by atoms with Crippen molar-refractivity contribution in [2.45, 2.75) is 6.04 Å². The Kier molecular flexibility index (Phi) is 4.43. The summed E-state index contributed by atoms with van der Waals surface area (Å²) >= 11 is 6.87. The van der Waals surface area contributed by atoms with Crippen LogP contribution >= 0.6 is 34.8 Å². The molecule has 1 rings (SSSR count). The van der Waals surface area contributed by atoms with Crippen LogP contribution in [0.4, 0.5) is 0 Å². The predicted molar refractivity (Wildman–Crippen MR) is 63.1 cm³/mol. The lowest BCUT2D eigenvalue weighted by atomic mass is 10.1. The van der Waals surface area contributed by atoms with Gasteiger partial charge in [0, 0.05) is 4.43 Å². The first-order valence-corrected chi connectivity index (χ1v) is 5.49. The molecule has 0 saturated heterocycles. The second-order valence-electron chi connectivity index (χ2n) is 2.30. The van der Waals surface area contributed by atoms with Gasteiger partial charge in [0.05, 0.1) is 11.2 Å².